The van der Waals surface area contributed by atoms with Gasteiger partial charge in [-0.2, -0.15) is 0 Å². The van der Waals surface area contributed by atoms with Gasteiger partial charge in [0.1, 0.15) is 11.4 Å². The molecule has 1 aliphatic heterocycles. The largest absolute Gasteiger partial charge is 0.475 e. The maximum atomic E-state index is 13.0. The molecular weight excluding hydrogens is 366 g/mol. The minimum atomic E-state index is -1.77. The smallest absolute Gasteiger partial charge is 0.441 e. The van der Waals surface area contributed by atoms with Crippen molar-refractivity contribution in [2.24, 2.45) is 0 Å². The molecule has 1 aliphatic rings. The minimum absolute atomic E-state index is 0.224. The Morgan fingerprint density at radius 3 is 2.71 bits per heavy atom. The van der Waals surface area contributed by atoms with Crippen LogP contribution in [-0.2, 0) is 16.0 Å². The van der Waals surface area contributed by atoms with E-state index >= 15 is 0 Å². The molecule has 1 fully saturated rings. The van der Waals surface area contributed by atoms with Gasteiger partial charge in [0.2, 0.25) is 5.91 Å². The van der Waals surface area contributed by atoms with Crippen molar-refractivity contribution in [3.8, 4) is 0 Å². The summed E-state index contributed by atoms with van der Waals surface area (Å²) in [4.78, 5) is 25.7. The first kappa shape index (κ1) is 21.9. The number of hydrogen-bond donors (Lipinski definition) is 3. The van der Waals surface area contributed by atoms with Gasteiger partial charge in [0.25, 0.3) is 0 Å². The first-order valence-electron chi connectivity index (χ1n) is 9.24. The van der Waals surface area contributed by atoms with Crippen molar-refractivity contribution < 1.29 is 28.8 Å². The molecule has 7 nitrogen and oxygen atoms in total. The number of amides is 2. The third-order valence-electron chi connectivity index (χ3n) is 4.80. The lowest BCUT2D eigenvalue weighted by Crippen LogP contribution is -2.54. The Kier molecular flexibility index (Phi) is 7.59. The summed E-state index contributed by atoms with van der Waals surface area (Å²) in [6.45, 7) is 6.01. The summed E-state index contributed by atoms with van der Waals surface area (Å²) in [6.07, 6.45) is 2.35. The number of nitrogens with zero attached hydrogens (tertiary/aromatic N) is 1. The maximum Gasteiger partial charge on any atom is 0.475 e. The Balaban J connectivity index is 1.91. The molecule has 1 aromatic rings. The second kappa shape index (κ2) is 9.70. The number of carbonyl (C=O) groups excluding carboxylic acids is 2. The van der Waals surface area contributed by atoms with Gasteiger partial charge >= 0.3 is 13.2 Å². The van der Waals surface area contributed by atoms with Crippen LogP contribution in [-0.4, -0.2) is 58.7 Å². The van der Waals surface area contributed by atoms with E-state index in [9.17, 15) is 24.0 Å². The lowest BCUT2D eigenvalue weighted by atomic mass is 9.76. The standard InChI is InChI=1S/C19H26BFN2O5/c1-3-17(24)23-12-4-11-19(2,13-23)28-18(25)22-16(20(26)27)10-7-14-5-8-15(21)9-6-14/h3,5-6,8-9,16,26-27H,1,4,7,10-13H2,2H3,(H,22,25)/t16-,19?/m0/s1. The van der Waals surface area contributed by atoms with Gasteiger partial charge in [-0.05, 0) is 56.4 Å². The number of aryl methyl sites for hydroxylation is 1. The number of hydrogen-bond acceptors (Lipinski definition) is 5. The number of rotatable bonds is 7. The van der Waals surface area contributed by atoms with Crippen LogP contribution in [0.2, 0.25) is 0 Å². The van der Waals surface area contributed by atoms with Gasteiger partial charge in [0.05, 0.1) is 12.5 Å². The van der Waals surface area contributed by atoms with Crippen molar-refractivity contribution in [3.63, 3.8) is 0 Å². The number of halogens is 1. The number of likely N-dealkylation sites (tertiary alicyclic amines) is 1. The molecule has 1 saturated heterocycles. The summed E-state index contributed by atoms with van der Waals surface area (Å²) in [7, 11) is -1.77. The molecule has 9 heteroatoms. The summed E-state index contributed by atoms with van der Waals surface area (Å²) in [6, 6.07) is 5.84. The number of ether oxygens (including phenoxy) is 1. The summed E-state index contributed by atoms with van der Waals surface area (Å²) in [5.41, 5.74) is -0.0665. The molecule has 0 aromatic heterocycles. The topological polar surface area (TPSA) is 99.1 Å². The molecule has 152 valence electrons. The molecule has 0 radical (unpaired) electrons. The zero-order valence-electron chi connectivity index (χ0n) is 15.9. The molecule has 2 rings (SSSR count). The van der Waals surface area contributed by atoms with Crippen LogP contribution in [0.4, 0.5) is 9.18 Å². The monoisotopic (exact) mass is 392 g/mol. The summed E-state index contributed by atoms with van der Waals surface area (Å²) >= 11 is 0. The van der Waals surface area contributed by atoms with Crippen LogP contribution in [0.3, 0.4) is 0 Å². The maximum absolute atomic E-state index is 13.0. The predicted molar refractivity (Wildman–Crippen MR) is 103 cm³/mol. The van der Waals surface area contributed by atoms with Gasteiger partial charge in [-0.3, -0.25) is 4.79 Å². The molecule has 0 saturated carbocycles. The van der Waals surface area contributed by atoms with Gasteiger partial charge in [-0.25, -0.2) is 9.18 Å². The van der Waals surface area contributed by atoms with E-state index in [2.05, 4.69) is 11.9 Å². The van der Waals surface area contributed by atoms with E-state index in [0.717, 1.165) is 5.56 Å². The van der Waals surface area contributed by atoms with E-state index in [-0.39, 0.29) is 24.7 Å². The van der Waals surface area contributed by atoms with Gasteiger partial charge in [-0.1, -0.05) is 18.7 Å². The molecule has 1 unspecified atom stereocenters. The van der Waals surface area contributed by atoms with Gasteiger partial charge < -0.3 is 25.0 Å². The Labute approximate surface area is 164 Å². The zero-order valence-corrected chi connectivity index (χ0v) is 15.9. The second-order valence-electron chi connectivity index (χ2n) is 7.24. The zero-order chi connectivity index (χ0) is 20.7. The fourth-order valence-electron chi connectivity index (χ4n) is 3.28. The van der Waals surface area contributed by atoms with Gasteiger partial charge in [-0.15, -0.1) is 0 Å². The lowest BCUT2D eigenvalue weighted by molar-refractivity contribution is -0.132. The lowest BCUT2D eigenvalue weighted by Gasteiger charge is -2.39. The van der Waals surface area contributed by atoms with Crippen LogP contribution in [0, 0.1) is 5.82 Å². The van der Waals surface area contributed by atoms with E-state index in [1.807, 2.05) is 0 Å². The van der Waals surface area contributed by atoms with E-state index in [4.69, 9.17) is 4.74 Å². The highest BCUT2D eigenvalue weighted by Crippen LogP contribution is 2.25. The van der Waals surface area contributed by atoms with Crippen LogP contribution >= 0.6 is 0 Å². The van der Waals surface area contributed by atoms with Crippen LogP contribution < -0.4 is 5.32 Å². The van der Waals surface area contributed by atoms with E-state index < -0.39 is 24.8 Å². The molecule has 2 amide bonds. The van der Waals surface area contributed by atoms with Gasteiger partial charge in [0, 0.05) is 6.54 Å². The van der Waals surface area contributed by atoms with Crippen molar-refractivity contribution >= 4 is 19.1 Å². The fraction of sp³-hybridized carbons (Fsp3) is 0.474. The van der Waals surface area contributed by atoms with E-state index in [1.165, 1.54) is 18.2 Å². The SMILES string of the molecule is C=CC(=O)N1CCCC(C)(OC(=O)N[C@@H](CCc2ccc(F)cc2)B(O)O)C1. The Hall–Kier alpha value is -2.39. The highest BCUT2D eigenvalue weighted by Gasteiger charge is 2.37. The average molecular weight is 392 g/mol. The molecular formula is C19H26BFN2O5. The average Bonchev–Trinajstić information content (AvgIpc) is 2.65. The second-order valence-corrected chi connectivity index (χ2v) is 7.24. The molecule has 1 heterocycles. The first-order valence-corrected chi connectivity index (χ1v) is 9.24. The number of benzene rings is 1. The Morgan fingerprint density at radius 1 is 1.43 bits per heavy atom. The quantitative estimate of drug-likeness (QED) is 0.482. The van der Waals surface area contributed by atoms with Gasteiger partial charge in [0.15, 0.2) is 0 Å². The normalized spacial score (nSPS) is 20.2. The Bertz CT molecular complexity index is 700. The van der Waals surface area contributed by atoms with Crippen LogP contribution in [0.15, 0.2) is 36.9 Å². The molecule has 0 spiro atoms. The summed E-state index contributed by atoms with van der Waals surface area (Å²) in [5, 5.41) is 21.6. The summed E-state index contributed by atoms with van der Waals surface area (Å²) in [5.74, 6) is -1.53. The molecule has 3 N–H and O–H groups in total. The van der Waals surface area contributed by atoms with Crippen molar-refractivity contribution in [3.05, 3.63) is 48.3 Å². The van der Waals surface area contributed by atoms with Crippen molar-refractivity contribution in [1.82, 2.24) is 10.2 Å². The van der Waals surface area contributed by atoms with Crippen molar-refractivity contribution in [2.45, 2.75) is 44.1 Å². The summed E-state index contributed by atoms with van der Waals surface area (Å²) < 4.78 is 18.5. The van der Waals surface area contributed by atoms with Crippen LogP contribution in [0.25, 0.3) is 0 Å². The van der Waals surface area contributed by atoms with Crippen LogP contribution in [0.1, 0.15) is 31.7 Å². The van der Waals surface area contributed by atoms with E-state index in [0.29, 0.717) is 25.8 Å². The number of alkyl carbamates (subject to hydrolysis) is 1. The number of nitrogens with one attached hydrogen (secondary N) is 1. The minimum Gasteiger partial charge on any atom is -0.441 e. The molecule has 0 bridgehead atoms. The Morgan fingerprint density at radius 2 is 2.11 bits per heavy atom. The highest BCUT2D eigenvalue weighted by molar-refractivity contribution is 6.43. The number of carbonyl (C=O) groups is 2. The van der Waals surface area contributed by atoms with Crippen LogP contribution in [0.5, 0.6) is 0 Å². The molecule has 28 heavy (non-hydrogen) atoms. The highest BCUT2D eigenvalue weighted by atomic mass is 19.1. The third-order valence-corrected chi connectivity index (χ3v) is 4.80. The van der Waals surface area contributed by atoms with E-state index in [1.54, 1.807) is 24.0 Å². The molecule has 2 atom stereocenters. The third kappa shape index (κ3) is 6.35. The number of piperidine rings is 1. The van der Waals surface area contributed by atoms with Crippen molar-refractivity contribution in [1.29, 1.82) is 0 Å². The molecule has 1 aromatic carbocycles. The fourth-order valence-corrected chi connectivity index (χ4v) is 3.28. The predicted octanol–water partition coefficient (Wildman–Crippen LogP) is 1.43. The molecule has 0 aliphatic carbocycles. The van der Waals surface area contributed by atoms with Crippen molar-refractivity contribution in [2.75, 3.05) is 13.1 Å². The first-order chi connectivity index (χ1) is 13.2.